The van der Waals surface area contributed by atoms with Gasteiger partial charge in [0, 0.05) is 13.1 Å². The molecule has 1 aliphatic carbocycles. The summed E-state index contributed by atoms with van der Waals surface area (Å²) in [4.78, 5) is 11.9. The van der Waals surface area contributed by atoms with E-state index in [1.807, 2.05) is 0 Å². The van der Waals surface area contributed by atoms with Crippen molar-refractivity contribution >= 4 is 17.7 Å². The van der Waals surface area contributed by atoms with E-state index in [9.17, 15) is 18.0 Å². The SMILES string of the molecule is C[C@H]1CCCC[C@@H]1NC(=O)CSc1nnc(C(F)(F)F)n1C. The summed E-state index contributed by atoms with van der Waals surface area (Å²) in [6, 6.07) is 0.159. The molecule has 0 unspecified atom stereocenters. The maximum atomic E-state index is 12.6. The highest BCUT2D eigenvalue weighted by Gasteiger charge is 2.37. The molecule has 0 radical (unpaired) electrons. The minimum Gasteiger partial charge on any atom is -0.352 e. The second-order valence-corrected chi connectivity index (χ2v) is 6.53. The van der Waals surface area contributed by atoms with Gasteiger partial charge in [-0.3, -0.25) is 4.79 Å². The molecule has 0 spiro atoms. The molecular weight excluding hydrogens is 317 g/mol. The van der Waals surface area contributed by atoms with Gasteiger partial charge in [0.15, 0.2) is 5.16 Å². The first kappa shape index (κ1) is 17.1. The van der Waals surface area contributed by atoms with E-state index in [-0.39, 0.29) is 22.9 Å². The Labute approximate surface area is 131 Å². The Morgan fingerprint density at radius 1 is 1.36 bits per heavy atom. The van der Waals surface area contributed by atoms with Gasteiger partial charge in [0.25, 0.3) is 0 Å². The fourth-order valence-electron chi connectivity index (χ4n) is 2.60. The van der Waals surface area contributed by atoms with E-state index in [1.54, 1.807) is 0 Å². The van der Waals surface area contributed by atoms with Gasteiger partial charge in [0.2, 0.25) is 11.7 Å². The predicted octanol–water partition coefficient (Wildman–Crippen LogP) is 2.62. The molecule has 1 aromatic rings. The van der Waals surface area contributed by atoms with Crippen LogP contribution >= 0.6 is 11.8 Å². The second-order valence-electron chi connectivity index (χ2n) is 5.59. The maximum Gasteiger partial charge on any atom is 0.451 e. The molecule has 2 rings (SSSR count). The maximum absolute atomic E-state index is 12.6. The molecule has 1 aliphatic rings. The highest BCUT2D eigenvalue weighted by Crippen LogP contribution is 2.29. The molecule has 5 nitrogen and oxygen atoms in total. The Balaban J connectivity index is 1.87. The van der Waals surface area contributed by atoms with E-state index in [4.69, 9.17) is 0 Å². The monoisotopic (exact) mass is 336 g/mol. The molecule has 1 saturated carbocycles. The van der Waals surface area contributed by atoms with Crippen molar-refractivity contribution in [3.8, 4) is 0 Å². The molecule has 1 N–H and O–H groups in total. The van der Waals surface area contributed by atoms with Crippen molar-refractivity contribution in [1.29, 1.82) is 0 Å². The topological polar surface area (TPSA) is 59.8 Å². The molecule has 1 amide bonds. The predicted molar refractivity (Wildman–Crippen MR) is 76.3 cm³/mol. The Morgan fingerprint density at radius 3 is 2.64 bits per heavy atom. The largest absolute Gasteiger partial charge is 0.451 e. The molecule has 124 valence electrons. The smallest absolute Gasteiger partial charge is 0.352 e. The minimum atomic E-state index is -4.54. The van der Waals surface area contributed by atoms with Crippen LogP contribution in [-0.2, 0) is 18.0 Å². The van der Waals surface area contributed by atoms with Crippen molar-refractivity contribution in [2.24, 2.45) is 13.0 Å². The average molecular weight is 336 g/mol. The van der Waals surface area contributed by atoms with Gasteiger partial charge in [-0.1, -0.05) is 31.5 Å². The molecule has 0 bridgehead atoms. The van der Waals surface area contributed by atoms with E-state index in [1.165, 1.54) is 13.5 Å². The molecule has 0 aromatic carbocycles. The summed E-state index contributed by atoms with van der Waals surface area (Å²) >= 11 is 0.959. The van der Waals surface area contributed by atoms with Crippen molar-refractivity contribution in [2.75, 3.05) is 5.75 Å². The fourth-order valence-corrected chi connectivity index (χ4v) is 3.32. The van der Waals surface area contributed by atoms with Crippen LogP contribution in [0.1, 0.15) is 38.4 Å². The highest BCUT2D eigenvalue weighted by atomic mass is 32.2. The van der Waals surface area contributed by atoms with E-state index in [0.717, 1.165) is 35.6 Å². The average Bonchev–Trinajstić information content (AvgIpc) is 2.80. The number of halogens is 3. The van der Waals surface area contributed by atoms with Crippen LogP contribution in [0.25, 0.3) is 0 Å². The Kier molecular flexibility index (Phi) is 5.36. The van der Waals surface area contributed by atoms with Crippen molar-refractivity contribution in [1.82, 2.24) is 20.1 Å². The van der Waals surface area contributed by atoms with Gasteiger partial charge in [-0.2, -0.15) is 13.2 Å². The van der Waals surface area contributed by atoms with E-state index in [0.29, 0.717) is 5.92 Å². The van der Waals surface area contributed by atoms with Gasteiger partial charge < -0.3 is 9.88 Å². The first-order chi connectivity index (χ1) is 10.3. The molecule has 9 heteroatoms. The number of carbonyl (C=O) groups is 1. The van der Waals surface area contributed by atoms with Gasteiger partial charge in [-0.15, -0.1) is 10.2 Å². The first-order valence-corrected chi connectivity index (χ1v) is 8.16. The summed E-state index contributed by atoms with van der Waals surface area (Å²) in [5.74, 6) is -0.765. The molecular formula is C13H19F3N4OS. The van der Waals surface area contributed by atoms with Crippen LogP contribution in [0.3, 0.4) is 0 Å². The van der Waals surface area contributed by atoms with Crippen LogP contribution in [0.5, 0.6) is 0 Å². The van der Waals surface area contributed by atoms with Gasteiger partial charge in [0.1, 0.15) is 0 Å². The zero-order valence-electron chi connectivity index (χ0n) is 12.5. The lowest BCUT2D eigenvalue weighted by molar-refractivity contribution is -0.147. The summed E-state index contributed by atoms with van der Waals surface area (Å²) in [6.07, 6.45) is -0.210. The van der Waals surface area contributed by atoms with Crippen LogP contribution in [0, 0.1) is 5.92 Å². The number of thioether (sulfide) groups is 1. The summed E-state index contributed by atoms with van der Waals surface area (Å²) in [6.45, 7) is 2.11. The molecule has 1 fully saturated rings. The van der Waals surface area contributed by atoms with Crippen molar-refractivity contribution < 1.29 is 18.0 Å². The molecule has 22 heavy (non-hydrogen) atoms. The fraction of sp³-hybridized carbons (Fsp3) is 0.769. The summed E-state index contributed by atoms with van der Waals surface area (Å²) in [5.41, 5.74) is 0. The van der Waals surface area contributed by atoms with Gasteiger partial charge >= 0.3 is 6.18 Å². The third kappa shape index (κ3) is 4.15. The highest BCUT2D eigenvalue weighted by molar-refractivity contribution is 7.99. The number of hydrogen-bond donors (Lipinski definition) is 1. The number of rotatable bonds is 4. The van der Waals surface area contributed by atoms with Crippen LogP contribution in [0.4, 0.5) is 13.2 Å². The van der Waals surface area contributed by atoms with Gasteiger partial charge in [0.05, 0.1) is 5.75 Å². The number of alkyl halides is 3. The van der Waals surface area contributed by atoms with Crippen molar-refractivity contribution in [2.45, 2.75) is 50.0 Å². The van der Waals surface area contributed by atoms with Crippen molar-refractivity contribution in [3.63, 3.8) is 0 Å². The summed E-state index contributed by atoms with van der Waals surface area (Å²) in [7, 11) is 1.24. The molecule has 1 aromatic heterocycles. The van der Waals surface area contributed by atoms with E-state index >= 15 is 0 Å². The number of amides is 1. The van der Waals surface area contributed by atoms with Crippen LogP contribution in [-0.4, -0.2) is 32.5 Å². The molecule has 2 atom stereocenters. The third-order valence-corrected chi connectivity index (χ3v) is 4.90. The summed E-state index contributed by atoms with van der Waals surface area (Å²) < 4.78 is 38.7. The molecule has 0 saturated heterocycles. The zero-order chi connectivity index (χ0) is 16.3. The Bertz CT molecular complexity index is 532. The van der Waals surface area contributed by atoms with Crippen molar-refractivity contribution in [3.05, 3.63) is 5.82 Å². The van der Waals surface area contributed by atoms with Gasteiger partial charge in [-0.25, -0.2) is 0 Å². The van der Waals surface area contributed by atoms with Crippen LogP contribution in [0.15, 0.2) is 5.16 Å². The quantitative estimate of drug-likeness (QED) is 0.859. The Hall–Kier alpha value is -1.25. The van der Waals surface area contributed by atoms with Crippen LogP contribution < -0.4 is 5.32 Å². The number of hydrogen-bond acceptors (Lipinski definition) is 4. The lowest BCUT2D eigenvalue weighted by Gasteiger charge is -2.29. The third-order valence-electron chi connectivity index (χ3n) is 3.88. The van der Waals surface area contributed by atoms with E-state index in [2.05, 4.69) is 22.4 Å². The van der Waals surface area contributed by atoms with E-state index < -0.39 is 12.0 Å². The number of nitrogens with zero attached hydrogens (tertiary/aromatic N) is 3. The Morgan fingerprint density at radius 2 is 2.05 bits per heavy atom. The van der Waals surface area contributed by atoms with Crippen LogP contribution in [0.2, 0.25) is 0 Å². The zero-order valence-corrected chi connectivity index (χ0v) is 13.3. The normalized spacial score (nSPS) is 22.6. The first-order valence-electron chi connectivity index (χ1n) is 7.17. The number of nitrogens with one attached hydrogen (secondary N) is 1. The van der Waals surface area contributed by atoms with Gasteiger partial charge in [-0.05, 0) is 18.8 Å². The second kappa shape index (κ2) is 6.89. The molecule has 0 aliphatic heterocycles. The summed E-state index contributed by atoms with van der Waals surface area (Å²) in [5, 5.41) is 9.66. The number of aromatic nitrogens is 3. The standard InChI is InChI=1S/C13H19F3N4OS/c1-8-5-3-4-6-9(8)17-10(21)7-22-12-19-18-11(20(12)2)13(14,15)16/h8-9H,3-7H2,1-2H3,(H,17,21)/t8-,9-/m0/s1. The number of carbonyl (C=O) groups excluding carboxylic acids is 1. The lowest BCUT2D eigenvalue weighted by Crippen LogP contribution is -2.41. The molecule has 1 heterocycles. The minimum absolute atomic E-state index is 0.0348. The lowest BCUT2D eigenvalue weighted by atomic mass is 9.86.